The molecule has 2 nitrogen and oxygen atoms in total. The van der Waals surface area contributed by atoms with Crippen molar-refractivity contribution in [1.29, 1.82) is 0 Å². The Labute approximate surface area is 87.7 Å². The Hall–Kier alpha value is 0.210. The lowest BCUT2D eigenvalue weighted by Crippen LogP contribution is -2.40. The third kappa shape index (κ3) is 5.50. The number of hydrogen-bond donors (Lipinski definition) is 1. The Kier molecular flexibility index (Phi) is 5.26. The van der Waals surface area contributed by atoms with Gasteiger partial charge >= 0.3 is 0 Å². The maximum absolute atomic E-state index is 9.30. The number of nitrogens with zero attached hydrogens (tertiary/aromatic N) is 1. The SMILES string of the molecule is CC(C)(C)CN1CCC(O)CC1.Cl. The minimum Gasteiger partial charge on any atom is -0.393 e. The van der Waals surface area contributed by atoms with E-state index in [9.17, 15) is 5.11 Å². The largest absolute Gasteiger partial charge is 0.393 e. The van der Waals surface area contributed by atoms with Crippen LogP contribution in [0.25, 0.3) is 0 Å². The molecule has 1 N–H and O–H groups in total. The van der Waals surface area contributed by atoms with Crippen LogP contribution in [-0.2, 0) is 0 Å². The highest BCUT2D eigenvalue weighted by Crippen LogP contribution is 2.18. The second-order valence-corrected chi connectivity index (χ2v) is 5.07. The van der Waals surface area contributed by atoms with Gasteiger partial charge in [0.15, 0.2) is 0 Å². The zero-order chi connectivity index (χ0) is 9.19. The summed E-state index contributed by atoms with van der Waals surface area (Å²) in [4.78, 5) is 2.45. The van der Waals surface area contributed by atoms with Crippen LogP contribution in [0.5, 0.6) is 0 Å². The maximum atomic E-state index is 9.30. The van der Waals surface area contributed by atoms with Gasteiger partial charge in [-0.25, -0.2) is 0 Å². The van der Waals surface area contributed by atoms with Gasteiger partial charge in [0.25, 0.3) is 0 Å². The second-order valence-electron chi connectivity index (χ2n) is 5.07. The molecule has 0 amide bonds. The number of likely N-dealkylation sites (tertiary alicyclic amines) is 1. The van der Waals surface area contributed by atoms with Crippen LogP contribution < -0.4 is 0 Å². The fraction of sp³-hybridized carbons (Fsp3) is 1.00. The van der Waals surface area contributed by atoms with E-state index in [0.29, 0.717) is 5.41 Å². The molecule has 0 atom stereocenters. The van der Waals surface area contributed by atoms with Crippen molar-refractivity contribution in [2.24, 2.45) is 5.41 Å². The number of aliphatic hydroxyl groups is 1. The molecule has 0 saturated carbocycles. The predicted molar refractivity (Wildman–Crippen MR) is 58.4 cm³/mol. The molecule has 0 aromatic carbocycles. The number of piperidine rings is 1. The minimum absolute atomic E-state index is 0. The Bertz CT molecular complexity index is 136. The monoisotopic (exact) mass is 207 g/mol. The van der Waals surface area contributed by atoms with Gasteiger partial charge in [-0.2, -0.15) is 0 Å². The Morgan fingerprint density at radius 1 is 1.23 bits per heavy atom. The number of halogens is 1. The Morgan fingerprint density at radius 3 is 2.08 bits per heavy atom. The summed E-state index contributed by atoms with van der Waals surface area (Å²) in [6.45, 7) is 10.1. The Balaban J connectivity index is 0.00000144. The summed E-state index contributed by atoms with van der Waals surface area (Å²) in [6.07, 6.45) is 1.87. The van der Waals surface area contributed by atoms with E-state index in [1.807, 2.05) is 0 Å². The van der Waals surface area contributed by atoms with Crippen molar-refractivity contribution in [2.75, 3.05) is 19.6 Å². The molecule has 1 rings (SSSR count). The molecule has 0 aliphatic carbocycles. The van der Waals surface area contributed by atoms with Gasteiger partial charge in [-0.3, -0.25) is 0 Å². The van der Waals surface area contributed by atoms with E-state index in [0.717, 1.165) is 32.5 Å². The fourth-order valence-electron chi connectivity index (χ4n) is 1.75. The lowest BCUT2D eigenvalue weighted by atomic mass is 9.94. The first-order valence-electron chi connectivity index (χ1n) is 4.88. The van der Waals surface area contributed by atoms with E-state index in [4.69, 9.17) is 0 Å². The third-order valence-corrected chi connectivity index (χ3v) is 2.26. The maximum Gasteiger partial charge on any atom is 0.0564 e. The van der Waals surface area contributed by atoms with Crippen molar-refractivity contribution >= 4 is 12.4 Å². The van der Waals surface area contributed by atoms with Crippen molar-refractivity contribution in [2.45, 2.75) is 39.7 Å². The highest BCUT2D eigenvalue weighted by Gasteiger charge is 2.21. The number of aliphatic hydroxyl groups excluding tert-OH is 1. The van der Waals surface area contributed by atoms with Gasteiger partial charge in [0.05, 0.1) is 6.10 Å². The standard InChI is InChI=1S/C10H21NO.ClH/c1-10(2,3)8-11-6-4-9(12)5-7-11;/h9,12H,4-8H2,1-3H3;1H. The van der Waals surface area contributed by atoms with Gasteiger partial charge in [0.1, 0.15) is 0 Å². The number of rotatable bonds is 1. The highest BCUT2D eigenvalue weighted by atomic mass is 35.5. The molecule has 0 unspecified atom stereocenters. The molecule has 13 heavy (non-hydrogen) atoms. The molecule has 0 radical (unpaired) electrons. The summed E-state index contributed by atoms with van der Waals surface area (Å²) in [6, 6.07) is 0. The van der Waals surface area contributed by atoms with Crippen molar-refractivity contribution < 1.29 is 5.11 Å². The summed E-state index contributed by atoms with van der Waals surface area (Å²) < 4.78 is 0. The third-order valence-electron chi connectivity index (χ3n) is 2.26. The van der Waals surface area contributed by atoms with Gasteiger partial charge < -0.3 is 10.0 Å². The molecule has 1 saturated heterocycles. The smallest absolute Gasteiger partial charge is 0.0564 e. The minimum atomic E-state index is -0.0405. The molecule has 1 aliphatic heterocycles. The van der Waals surface area contributed by atoms with Gasteiger partial charge in [-0.1, -0.05) is 20.8 Å². The number of hydrogen-bond acceptors (Lipinski definition) is 2. The predicted octanol–water partition coefficient (Wildman–Crippen LogP) is 1.91. The molecule has 0 aromatic rings. The van der Waals surface area contributed by atoms with Crippen LogP contribution >= 0.6 is 12.4 Å². The van der Waals surface area contributed by atoms with Crippen LogP contribution in [0.15, 0.2) is 0 Å². The average molecular weight is 208 g/mol. The van der Waals surface area contributed by atoms with Crippen molar-refractivity contribution in [1.82, 2.24) is 4.90 Å². The van der Waals surface area contributed by atoms with Crippen LogP contribution in [0.3, 0.4) is 0 Å². The van der Waals surface area contributed by atoms with Crippen LogP contribution in [0.4, 0.5) is 0 Å². The van der Waals surface area contributed by atoms with Crippen molar-refractivity contribution in [3.8, 4) is 0 Å². The van der Waals surface area contributed by atoms with Gasteiger partial charge in [0.2, 0.25) is 0 Å². The van der Waals surface area contributed by atoms with E-state index in [-0.39, 0.29) is 18.5 Å². The quantitative estimate of drug-likeness (QED) is 0.710. The molecule has 0 aromatic heterocycles. The van der Waals surface area contributed by atoms with E-state index >= 15 is 0 Å². The van der Waals surface area contributed by atoms with E-state index in [2.05, 4.69) is 25.7 Å². The molecular formula is C10H22ClNO. The molecule has 80 valence electrons. The van der Waals surface area contributed by atoms with Gasteiger partial charge in [-0.15, -0.1) is 12.4 Å². The molecular weight excluding hydrogens is 186 g/mol. The zero-order valence-electron chi connectivity index (χ0n) is 8.92. The summed E-state index contributed by atoms with van der Waals surface area (Å²) >= 11 is 0. The molecule has 0 bridgehead atoms. The molecule has 1 fully saturated rings. The summed E-state index contributed by atoms with van der Waals surface area (Å²) in [7, 11) is 0. The normalized spacial score (nSPS) is 21.2. The van der Waals surface area contributed by atoms with Crippen LogP contribution in [0, 0.1) is 5.41 Å². The van der Waals surface area contributed by atoms with E-state index in [1.54, 1.807) is 0 Å². The molecule has 3 heteroatoms. The average Bonchev–Trinajstić information content (AvgIpc) is 1.91. The van der Waals surface area contributed by atoms with Gasteiger partial charge in [0, 0.05) is 19.6 Å². The summed E-state index contributed by atoms with van der Waals surface area (Å²) in [5, 5.41) is 9.30. The topological polar surface area (TPSA) is 23.5 Å². The molecule has 1 heterocycles. The van der Waals surface area contributed by atoms with Gasteiger partial charge in [-0.05, 0) is 18.3 Å². The lowest BCUT2D eigenvalue weighted by molar-refractivity contribution is 0.0664. The van der Waals surface area contributed by atoms with Crippen molar-refractivity contribution in [3.63, 3.8) is 0 Å². The van der Waals surface area contributed by atoms with Crippen molar-refractivity contribution in [3.05, 3.63) is 0 Å². The van der Waals surface area contributed by atoms with E-state index in [1.165, 1.54) is 0 Å². The Morgan fingerprint density at radius 2 is 1.69 bits per heavy atom. The van der Waals surface area contributed by atoms with Crippen LogP contribution in [0.1, 0.15) is 33.6 Å². The first-order valence-corrected chi connectivity index (χ1v) is 4.88. The summed E-state index contributed by atoms with van der Waals surface area (Å²) in [5.41, 5.74) is 0.391. The lowest BCUT2D eigenvalue weighted by Gasteiger charge is -2.34. The highest BCUT2D eigenvalue weighted by molar-refractivity contribution is 5.85. The molecule has 1 aliphatic rings. The zero-order valence-corrected chi connectivity index (χ0v) is 9.73. The van der Waals surface area contributed by atoms with Crippen LogP contribution in [0.2, 0.25) is 0 Å². The van der Waals surface area contributed by atoms with E-state index < -0.39 is 0 Å². The molecule has 0 spiro atoms. The first-order chi connectivity index (χ1) is 5.47. The fourth-order valence-corrected chi connectivity index (χ4v) is 1.75. The first kappa shape index (κ1) is 13.2. The second kappa shape index (κ2) is 5.18. The summed E-state index contributed by atoms with van der Waals surface area (Å²) in [5.74, 6) is 0. The van der Waals surface area contributed by atoms with Crippen LogP contribution in [-0.4, -0.2) is 35.7 Å².